The molecule has 1 aliphatic rings. The molecule has 1 amide bonds. The summed E-state index contributed by atoms with van der Waals surface area (Å²) in [5, 5.41) is 0. The summed E-state index contributed by atoms with van der Waals surface area (Å²) in [6, 6.07) is 15.7. The third-order valence-corrected chi connectivity index (χ3v) is 5.97. The minimum absolute atomic E-state index is 0.170. The van der Waals surface area contributed by atoms with Gasteiger partial charge >= 0.3 is 0 Å². The number of amides is 1. The van der Waals surface area contributed by atoms with E-state index in [-0.39, 0.29) is 4.90 Å². The zero-order valence-corrected chi connectivity index (χ0v) is 13.9. The van der Waals surface area contributed by atoms with E-state index >= 15 is 0 Å². The van der Waals surface area contributed by atoms with E-state index in [0.717, 1.165) is 11.1 Å². The summed E-state index contributed by atoms with van der Waals surface area (Å²) in [7, 11) is -3.57. The number of benzene rings is 2. The van der Waals surface area contributed by atoms with Gasteiger partial charge in [-0.1, -0.05) is 36.4 Å². The topological polar surface area (TPSA) is 80.5 Å². The second-order valence-electron chi connectivity index (χ2n) is 5.60. The molecule has 2 aromatic carbocycles. The largest absolute Gasteiger partial charge is 0.366 e. The molecule has 6 heteroatoms. The number of carbonyl (C=O) groups excluding carboxylic acids is 1. The Hall–Kier alpha value is -2.44. The van der Waals surface area contributed by atoms with E-state index in [1.807, 2.05) is 36.4 Å². The highest BCUT2D eigenvalue weighted by molar-refractivity contribution is 7.89. The molecule has 3 rings (SSSR count). The fraction of sp³-hybridized carbons (Fsp3) is 0.167. The molecule has 2 N–H and O–H groups in total. The maximum absolute atomic E-state index is 12.7. The molecule has 0 saturated carbocycles. The second kappa shape index (κ2) is 6.59. The number of carbonyl (C=O) groups is 1. The lowest BCUT2D eigenvalue weighted by Gasteiger charge is -2.26. The third-order valence-electron chi connectivity index (χ3n) is 4.09. The highest BCUT2D eigenvalue weighted by atomic mass is 32.2. The molecule has 1 aliphatic heterocycles. The van der Waals surface area contributed by atoms with Crippen LogP contribution in [0.5, 0.6) is 0 Å². The molecule has 0 fully saturated rings. The van der Waals surface area contributed by atoms with Gasteiger partial charge in [-0.3, -0.25) is 4.79 Å². The molecule has 24 heavy (non-hydrogen) atoms. The second-order valence-corrected chi connectivity index (χ2v) is 7.54. The van der Waals surface area contributed by atoms with Crippen LogP contribution in [-0.2, 0) is 10.0 Å². The van der Waals surface area contributed by atoms with Crippen LogP contribution in [0.1, 0.15) is 22.3 Å². The van der Waals surface area contributed by atoms with Crippen molar-refractivity contribution in [3.05, 3.63) is 71.8 Å². The summed E-state index contributed by atoms with van der Waals surface area (Å²) in [5.74, 6) is -0.577. The van der Waals surface area contributed by atoms with Gasteiger partial charge in [0.05, 0.1) is 4.90 Å². The maximum atomic E-state index is 12.7. The van der Waals surface area contributed by atoms with E-state index < -0.39 is 15.9 Å². The van der Waals surface area contributed by atoms with Gasteiger partial charge in [0.15, 0.2) is 0 Å². The molecule has 0 saturated heterocycles. The summed E-state index contributed by atoms with van der Waals surface area (Å²) in [5.41, 5.74) is 7.75. The predicted molar refractivity (Wildman–Crippen MR) is 92.8 cm³/mol. The molecule has 0 radical (unpaired) electrons. The molecule has 0 atom stereocenters. The van der Waals surface area contributed by atoms with Crippen LogP contribution in [0.4, 0.5) is 0 Å². The Balaban J connectivity index is 1.79. The van der Waals surface area contributed by atoms with Crippen molar-refractivity contribution >= 4 is 21.5 Å². The molecule has 5 nitrogen and oxygen atoms in total. The highest BCUT2D eigenvalue weighted by Gasteiger charge is 2.26. The van der Waals surface area contributed by atoms with Crippen molar-refractivity contribution in [3.8, 4) is 0 Å². The quantitative estimate of drug-likeness (QED) is 0.925. The van der Waals surface area contributed by atoms with Crippen LogP contribution in [0.3, 0.4) is 0 Å². The van der Waals surface area contributed by atoms with E-state index in [9.17, 15) is 13.2 Å². The summed E-state index contributed by atoms with van der Waals surface area (Å²) in [6.45, 7) is 0.769. The Morgan fingerprint density at radius 2 is 1.67 bits per heavy atom. The van der Waals surface area contributed by atoms with Crippen LogP contribution in [0.25, 0.3) is 5.57 Å². The van der Waals surface area contributed by atoms with Gasteiger partial charge in [0, 0.05) is 18.7 Å². The van der Waals surface area contributed by atoms with Crippen LogP contribution < -0.4 is 5.73 Å². The average molecular weight is 342 g/mol. The van der Waals surface area contributed by atoms with Crippen molar-refractivity contribution in [2.24, 2.45) is 5.73 Å². The van der Waals surface area contributed by atoms with Gasteiger partial charge < -0.3 is 5.73 Å². The van der Waals surface area contributed by atoms with E-state index in [1.165, 1.54) is 28.6 Å². The molecule has 0 aromatic heterocycles. The Bertz CT molecular complexity index is 872. The Labute approximate surface area is 141 Å². The molecule has 124 valence electrons. The summed E-state index contributed by atoms with van der Waals surface area (Å²) < 4.78 is 26.8. The van der Waals surface area contributed by atoms with E-state index in [1.54, 1.807) is 0 Å². The zero-order valence-electron chi connectivity index (χ0n) is 13.1. The minimum Gasteiger partial charge on any atom is -0.366 e. The minimum atomic E-state index is -3.57. The molecule has 2 aromatic rings. The van der Waals surface area contributed by atoms with Crippen LogP contribution in [0, 0.1) is 0 Å². The molecular formula is C18H18N2O3S. The van der Waals surface area contributed by atoms with E-state index in [4.69, 9.17) is 5.73 Å². The van der Waals surface area contributed by atoms with Gasteiger partial charge in [-0.15, -0.1) is 0 Å². The van der Waals surface area contributed by atoms with E-state index in [0.29, 0.717) is 25.1 Å². The van der Waals surface area contributed by atoms with Crippen molar-refractivity contribution in [1.82, 2.24) is 4.31 Å². The van der Waals surface area contributed by atoms with Crippen molar-refractivity contribution in [1.29, 1.82) is 0 Å². The van der Waals surface area contributed by atoms with Crippen molar-refractivity contribution in [3.63, 3.8) is 0 Å². The molecule has 0 bridgehead atoms. The Morgan fingerprint density at radius 1 is 1.00 bits per heavy atom. The van der Waals surface area contributed by atoms with Gasteiger partial charge in [0.2, 0.25) is 15.9 Å². The van der Waals surface area contributed by atoms with Gasteiger partial charge in [-0.2, -0.15) is 4.31 Å². The van der Waals surface area contributed by atoms with Crippen molar-refractivity contribution in [2.75, 3.05) is 13.1 Å². The van der Waals surface area contributed by atoms with Crippen molar-refractivity contribution < 1.29 is 13.2 Å². The predicted octanol–water partition coefficient (Wildman–Crippen LogP) is 2.26. The SMILES string of the molecule is NC(=O)c1ccc(S(=O)(=O)N2CC=C(c3ccccc3)CC2)cc1. The first-order chi connectivity index (χ1) is 11.5. The molecular weight excluding hydrogens is 324 g/mol. The molecule has 0 unspecified atom stereocenters. The lowest BCUT2D eigenvalue weighted by Crippen LogP contribution is -2.34. The summed E-state index contributed by atoms with van der Waals surface area (Å²) in [4.78, 5) is 11.3. The Kier molecular flexibility index (Phi) is 4.51. The molecule has 0 spiro atoms. The van der Waals surface area contributed by atoms with Crippen LogP contribution in [0.2, 0.25) is 0 Å². The van der Waals surface area contributed by atoms with Gasteiger partial charge in [0.1, 0.15) is 0 Å². The fourth-order valence-corrected chi connectivity index (χ4v) is 4.10. The zero-order chi connectivity index (χ0) is 17.2. The number of rotatable bonds is 4. The number of sulfonamides is 1. The number of hydrogen-bond acceptors (Lipinski definition) is 3. The first kappa shape index (κ1) is 16.4. The monoisotopic (exact) mass is 342 g/mol. The van der Waals surface area contributed by atoms with Gasteiger partial charge in [-0.25, -0.2) is 8.42 Å². The lowest BCUT2D eigenvalue weighted by molar-refractivity contribution is 0.1000. The first-order valence-electron chi connectivity index (χ1n) is 7.63. The fourth-order valence-electron chi connectivity index (χ4n) is 2.72. The number of hydrogen-bond donors (Lipinski definition) is 1. The van der Waals surface area contributed by atoms with Crippen molar-refractivity contribution in [2.45, 2.75) is 11.3 Å². The lowest BCUT2D eigenvalue weighted by atomic mass is 10.0. The summed E-state index contributed by atoms with van der Waals surface area (Å²) >= 11 is 0. The number of nitrogens with two attached hydrogens (primary N) is 1. The van der Waals surface area contributed by atoms with E-state index in [2.05, 4.69) is 0 Å². The standard InChI is InChI=1S/C18H18N2O3S/c19-18(21)16-6-8-17(9-7-16)24(22,23)20-12-10-15(11-13-20)14-4-2-1-3-5-14/h1-10H,11-13H2,(H2,19,21). The van der Waals surface area contributed by atoms with Gasteiger partial charge in [0.25, 0.3) is 0 Å². The molecule has 1 heterocycles. The van der Waals surface area contributed by atoms with Crippen LogP contribution >= 0.6 is 0 Å². The molecule has 0 aliphatic carbocycles. The first-order valence-corrected chi connectivity index (χ1v) is 9.07. The smallest absolute Gasteiger partial charge is 0.248 e. The van der Waals surface area contributed by atoms with Crippen LogP contribution in [-0.4, -0.2) is 31.7 Å². The number of primary amides is 1. The third kappa shape index (κ3) is 3.25. The number of nitrogens with zero attached hydrogens (tertiary/aromatic N) is 1. The maximum Gasteiger partial charge on any atom is 0.248 e. The summed E-state index contributed by atoms with van der Waals surface area (Å²) in [6.07, 6.45) is 2.62. The van der Waals surface area contributed by atoms with Gasteiger partial charge in [-0.05, 0) is 41.8 Å². The van der Waals surface area contributed by atoms with Crippen LogP contribution in [0.15, 0.2) is 65.6 Å². The Morgan fingerprint density at radius 3 is 2.21 bits per heavy atom. The average Bonchev–Trinajstić information content (AvgIpc) is 2.62. The normalized spacial score (nSPS) is 15.8. The highest BCUT2D eigenvalue weighted by Crippen LogP contribution is 2.25.